The Balaban J connectivity index is 3.00. The molecule has 0 fully saturated rings. The second-order valence-electron chi connectivity index (χ2n) is 3.70. The van der Waals surface area contributed by atoms with Gasteiger partial charge in [-0.05, 0) is 13.3 Å². The fourth-order valence-corrected chi connectivity index (χ4v) is 1.83. The normalized spacial score (nSPS) is 10.4. The predicted octanol–water partition coefficient (Wildman–Crippen LogP) is 1.55. The summed E-state index contributed by atoms with van der Waals surface area (Å²) in [6.07, 6.45) is 2.52. The Morgan fingerprint density at radius 2 is 2.12 bits per heavy atom. The van der Waals surface area contributed by atoms with Gasteiger partial charge in [-0.3, -0.25) is 0 Å². The summed E-state index contributed by atoms with van der Waals surface area (Å²) in [5, 5.41) is 3.11. The third-order valence-corrected chi connectivity index (χ3v) is 2.76. The van der Waals surface area contributed by atoms with Gasteiger partial charge in [-0.2, -0.15) is 0 Å². The molecule has 1 heterocycles. The summed E-state index contributed by atoms with van der Waals surface area (Å²) in [7, 11) is 3.60. The number of ether oxygens (including phenoxy) is 1. The van der Waals surface area contributed by atoms with E-state index >= 15 is 0 Å². The molecule has 0 amide bonds. The summed E-state index contributed by atoms with van der Waals surface area (Å²) in [6.45, 7) is 6.70. The van der Waals surface area contributed by atoms with Crippen LogP contribution in [0.25, 0.3) is 0 Å². The number of nitrogens with zero attached hydrogens (tertiary/aromatic N) is 3. The summed E-state index contributed by atoms with van der Waals surface area (Å²) in [5.41, 5.74) is 1.16. The van der Waals surface area contributed by atoms with Crippen molar-refractivity contribution in [1.29, 1.82) is 0 Å². The fourth-order valence-electron chi connectivity index (χ4n) is 1.83. The monoisotopic (exact) mass is 238 g/mol. The van der Waals surface area contributed by atoms with Gasteiger partial charge >= 0.3 is 0 Å². The maximum atomic E-state index is 5.13. The zero-order chi connectivity index (χ0) is 12.7. The van der Waals surface area contributed by atoms with Crippen molar-refractivity contribution >= 4 is 11.6 Å². The van der Waals surface area contributed by atoms with Gasteiger partial charge in [0.2, 0.25) is 0 Å². The van der Waals surface area contributed by atoms with E-state index in [1.165, 1.54) is 0 Å². The van der Waals surface area contributed by atoms with E-state index in [1.54, 1.807) is 13.4 Å². The number of nitrogens with one attached hydrogen (secondary N) is 1. The highest BCUT2D eigenvalue weighted by Crippen LogP contribution is 2.23. The molecule has 1 aromatic heterocycles. The van der Waals surface area contributed by atoms with Crippen LogP contribution < -0.4 is 10.2 Å². The van der Waals surface area contributed by atoms with E-state index in [9.17, 15) is 0 Å². The first-order valence-corrected chi connectivity index (χ1v) is 6.03. The summed E-state index contributed by atoms with van der Waals surface area (Å²) in [6, 6.07) is 0. The topological polar surface area (TPSA) is 50.3 Å². The van der Waals surface area contributed by atoms with Gasteiger partial charge < -0.3 is 15.0 Å². The molecule has 0 saturated carbocycles. The summed E-state index contributed by atoms with van der Waals surface area (Å²) in [5.74, 6) is 1.92. The van der Waals surface area contributed by atoms with Gasteiger partial charge in [0.15, 0.2) is 0 Å². The van der Waals surface area contributed by atoms with Crippen LogP contribution in [-0.2, 0) is 11.2 Å². The van der Waals surface area contributed by atoms with Crippen LogP contribution in [0, 0.1) is 0 Å². The zero-order valence-corrected chi connectivity index (χ0v) is 11.2. The number of rotatable bonds is 7. The quantitative estimate of drug-likeness (QED) is 0.781. The minimum absolute atomic E-state index is 0.704. The van der Waals surface area contributed by atoms with Crippen molar-refractivity contribution in [1.82, 2.24) is 9.97 Å². The molecule has 5 heteroatoms. The van der Waals surface area contributed by atoms with Crippen molar-refractivity contribution in [2.45, 2.75) is 20.3 Å². The van der Waals surface area contributed by atoms with Crippen molar-refractivity contribution in [3.63, 3.8) is 0 Å². The van der Waals surface area contributed by atoms with Crippen LogP contribution >= 0.6 is 0 Å². The van der Waals surface area contributed by atoms with Crippen molar-refractivity contribution in [2.75, 3.05) is 44.1 Å². The molecule has 0 saturated heterocycles. The number of likely N-dealkylation sites (N-methyl/N-ethyl adjacent to an activating group) is 1. The van der Waals surface area contributed by atoms with E-state index in [0.717, 1.165) is 36.7 Å². The molecule has 0 radical (unpaired) electrons. The molecule has 1 aromatic rings. The molecule has 0 aliphatic carbocycles. The first-order valence-electron chi connectivity index (χ1n) is 6.03. The van der Waals surface area contributed by atoms with Gasteiger partial charge in [-0.1, -0.05) is 6.92 Å². The summed E-state index contributed by atoms with van der Waals surface area (Å²) >= 11 is 0. The minimum atomic E-state index is 0.704. The average molecular weight is 238 g/mol. The number of hydrogen-bond donors (Lipinski definition) is 1. The Hall–Kier alpha value is -1.36. The molecular formula is C12H22N4O. The van der Waals surface area contributed by atoms with Crippen LogP contribution in [-0.4, -0.2) is 43.8 Å². The van der Waals surface area contributed by atoms with Crippen molar-refractivity contribution in [2.24, 2.45) is 0 Å². The van der Waals surface area contributed by atoms with Crippen LogP contribution in [0.15, 0.2) is 6.33 Å². The Morgan fingerprint density at radius 1 is 1.35 bits per heavy atom. The number of aromatic nitrogens is 2. The van der Waals surface area contributed by atoms with Gasteiger partial charge in [0.25, 0.3) is 0 Å². The largest absolute Gasteiger partial charge is 0.383 e. The average Bonchev–Trinajstić information content (AvgIpc) is 2.39. The fraction of sp³-hybridized carbons (Fsp3) is 0.667. The SMILES string of the molecule is CCc1c(NC)ncnc1N(CC)CCOC. The molecule has 96 valence electrons. The molecule has 17 heavy (non-hydrogen) atoms. The molecule has 0 bridgehead atoms. The molecule has 0 unspecified atom stereocenters. The standard InChI is InChI=1S/C12H22N4O/c1-5-10-11(13-3)14-9-15-12(10)16(6-2)7-8-17-4/h9H,5-8H2,1-4H3,(H,13,14,15). The number of anilines is 2. The third-order valence-electron chi connectivity index (χ3n) is 2.76. The second kappa shape index (κ2) is 7.06. The van der Waals surface area contributed by atoms with E-state index in [2.05, 4.69) is 34.0 Å². The first-order chi connectivity index (χ1) is 8.28. The van der Waals surface area contributed by atoms with E-state index in [0.29, 0.717) is 6.61 Å². The zero-order valence-electron chi connectivity index (χ0n) is 11.2. The van der Waals surface area contributed by atoms with E-state index in [1.807, 2.05) is 7.05 Å². The maximum Gasteiger partial charge on any atom is 0.137 e. The molecule has 1 rings (SSSR count). The summed E-state index contributed by atoms with van der Waals surface area (Å²) in [4.78, 5) is 10.9. The highest BCUT2D eigenvalue weighted by molar-refractivity contribution is 5.58. The van der Waals surface area contributed by atoms with Crippen molar-refractivity contribution in [3.8, 4) is 0 Å². The first kappa shape index (κ1) is 13.7. The molecule has 0 aliphatic heterocycles. The molecular weight excluding hydrogens is 216 g/mol. The Bertz CT molecular complexity index is 343. The molecule has 0 spiro atoms. The van der Waals surface area contributed by atoms with Gasteiger partial charge in [0.05, 0.1) is 6.61 Å². The molecule has 5 nitrogen and oxygen atoms in total. The van der Waals surface area contributed by atoms with Crippen LogP contribution in [0.2, 0.25) is 0 Å². The molecule has 0 aliphatic rings. The third kappa shape index (κ3) is 3.30. The number of hydrogen-bond acceptors (Lipinski definition) is 5. The lowest BCUT2D eigenvalue weighted by Gasteiger charge is -2.24. The van der Waals surface area contributed by atoms with Gasteiger partial charge in [0.1, 0.15) is 18.0 Å². The Morgan fingerprint density at radius 3 is 2.65 bits per heavy atom. The van der Waals surface area contributed by atoms with Crippen LogP contribution in [0.3, 0.4) is 0 Å². The number of methoxy groups -OCH3 is 1. The lowest BCUT2D eigenvalue weighted by atomic mass is 10.2. The van der Waals surface area contributed by atoms with Crippen LogP contribution in [0.5, 0.6) is 0 Å². The van der Waals surface area contributed by atoms with Crippen LogP contribution in [0.1, 0.15) is 19.4 Å². The highest BCUT2D eigenvalue weighted by atomic mass is 16.5. The maximum absolute atomic E-state index is 5.13. The Labute approximate surface area is 103 Å². The smallest absolute Gasteiger partial charge is 0.137 e. The lowest BCUT2D eigenvalue weighted by molar-refractivity contribution is 0.205. The predicted molar refractivity (Wildman–Crippen MR) is 70.7 cm³/mol. The lowest BCUT2D eigenvalue weighted by Crippen LogP contribution is -2.29. The van der Waals surface area contributed by atoms with Crippen LogP contribution in [0.4, 0.5) is 11.6 Å². The van der Waals surface area contributed by atoms with Gasteiger partial charge in [-0.15, -0.1) is 0 Å². The Kier molecular flexibility index (Phi) is 5.69. The molecule has 0 aromatic carbocycles. The van der Waals surface area contributed by atoms with Crippen molar-refractivity contribution < 1.29 is 4.74 Å². The van der Waals surface area contributed by atoms with E-state index < -0.39 is 0 Å². The highest BCUT2D eigenvalue weighted by Gasteiger charge is 2.13. The van der Waals surface area contributed by atoms with Gasteiger partial charge in [0, 0.05) is 32.8 Å². The van der Waals surface area contributed by atoms with E-state index in [-0.39, 0.29) is 0 Å². The minimum Gasteiger partial charge on any atom is -0.383 e. The summed E-state index contributed by atoms with van der Waals surface area (Å²) < 4.78 is 5.13. The van der Waals surface area contributed by atoms with Crippen molar-refractivity contribution in [3.05, 3.63) is 11.9 Å². The molecule has 1 N–H and O–H groups in total. The van der Waals surface area contributed by atoms with E-state index in [4.69, 9.17) is 4.74 Å². The van der Waals surface area contributed by atoms with Gasteiger partial charge in [-0.25, -0.2) is 9.97 Å². The second-order valence-corrected chi connectivity index (χ2v) is 3.70. The molecule has 0 atom stereocenters.